The third-order valence-corrected chi connectivity index (χ3v) is 5.95. The quantitative estimate of drug-likeness (QED) is 0.482. The van der Waals surface area contributed by atoms with Crippen molar-refractivity contribution in [2.45, 2.75) is 38.6 Å². The number of carbonyl (C=O) groups excluding carboxylic acids is 2. The summed E-state index contributed by atoms with van der Waals surface area (Å²) in [5.74, 6) is -1.42. The van der Waals surface area contributed by atoms with Crippen LogP contribution in [0.4, 0.5) is 5.82 Å². The molecule has 2 heterocycles. The molecule has 3 N–H and O–H groups in total. The summed E-state index contributed by atoms with van der Waals surface area (Å²) in [7, 11) is 0. The molecule has 33 heavy (non-hydrogen) atoms. The molecule has 1 aliphatic rings. The smallest absolute Gasteiger partial charge is 0.314 e. The molecule has 8 heteroatoms. The molecule has 2 atom stereocenters. The highest BCUT2D eigenvalue weighted by atomic mass is 16.3. The van der Waals surface area contributed by atoms with Crippen LogP contribution in [0, 0.1) is 0 Å². The van der Waals surface area contributed by atoms with Crippen LogP contribution >= 0.6 is 0 Å². The van der Waals surface area contributed by atoms with Crippen LogP contribution in [0.3, 0.4) is 0 Å². The molecular formula is C25H29N5O3. The molecule has 2 amide bonds. The van der Waals surface area contributed by atoms with E-state index in [9.17, 15) is 14.7 Å². The van der Waals surface area contributed by atoms with Gasteiger partial charge < -0.3 is 15.7 Å². The largest absolute Gasteiger partial charge is 0.391 e. The Morgan fingerprint density at radius 3 is 2.45 bits per heavy atom. The van der Waals surface area contributed by atoms with E-state index in [1.807, 2.05) is 60.1 Å². The summed E-state index contributed by atoms with van der Waals surface area (Å²) in [5.41, 5.74) is 3.20. The van der Waals surface area contributed by atoms with Crippen molar-refractivity contribution in [1.29, 1.82) is 0 Å². The fourth-order valence-electron chi connectivity index (χ4n) is 3.96. The number of amides is 2. The standard InChI is InChI=1S/C25H29N5O3/c1-18(20-10-6-3-7-11-20)22(31)15-26-24(32)25(33)27-23-14-21-17-29(12-13-30(21)28-23)16-19-8-4-2-5-9-19/h2-11,14,18,22,31H,12-13,15-17H2,1H3,(H,26,32)(H,27,28,33). The van der Waals surface area contributed by atoms with Gasteiger partial charge in [-0.1, -0.05) is 67.6 Å². The summed E-state index contributed by atoms with van der Waals surface area (Å²) >= 11 is 0. The van der Waals surface area contributed by atoms with Crippen molar-refractivity contribution in [3.05, 3.63) is 83.6 Å². The molecule has 2 unspecified atom stereocenters. The Morgan fingerprint density at radius 1 is 1.03 bits per heavy atom. The fraction of sp³-hybridized carbons (Fsp3) is 0.320. The molecule has 0 saturated carbocycles. The predicted octanol–water partition coefficient (Wildman–Crippen LogP) is 2.12. The number of aliphatic hydroxyl groups excluding tert-OH is 1. The Balaban J connectivity index is 1.27. The van der Waals surface area contributed by atoms with Gasteiger partial charge in [0.05, 0.1) is 18.3 Å². The second-order valence-electron chi connectivity index (χ2n) is 8.37. The Hall–Kier alpha value is -3.49. The number of hydrogen-bond donors (Lipinski definition) is 3. The molecule has 172 valence electrons. The topological polar surface area (TPSA) is 99.5 Å². The first-order chi connectivity index (χ1) is 16.0. The molecule has 8 nitrogen and oxygen atoms in total. The number of nitrogens with one attached hydrogen (secondary N) is 2. The number of aromatic nitrogens is 2. The highest BCUT2D eigenvalue weighted by Crippen LogP contribution is 2.19. The average molecular weight is 448 g/mol. The Morgan fingerprint density at radius 2 is 1.73 bits per heavy atom. The van der Waals surface area contributed by atoms with E-state index < -0.39 is 17.9 Å². The number of rotatable bonds is 7. The van der Waals surface area contributed by atoms with Gasteiger partial charge >= 0.3 is 11.8 Å². The van der Waals surface area contributed by atoms with E-state index in [2.05, 4.69) is 32.8 Å². The molecule has 1 aromatic heterocycles. The zero-order chi connectivity index (χ0) is 23.2. The van der Waals surface area contributed by atoms with Crippen LogP contribution in [-0.4, -0.2) is 50.8 Å². The van der Waals surface area contributed by atoms with Crippen LogP contribution in [-0.2, 0) is 29.2 Å². The van der Waals surface area contributed by atoms with Gasteiger partial charge in [0.1, 0.15) is 0 Å². The summed E-state index contributed by atoms with van der Waals surface area (Å²) in [6.45, 7) is 5.00. The highest BCUT2D eigenvalue weighted by molar-refractivity contribution is 6.39. The summed E-state index contributed by atoms with van der Waals surface area (Å²) in [6.07, 6.45) is -0.806. The van der Waals surface area contributed by atoms with Crippen molar-refractivity contribution in [1.82, 2.24) is 20.0 Å². The molecule has 0 fully saturated rings. The fourth-order valence-corrected chi connectivity index (χ4v) is 3.96. The van der Waals surface area contributed by atoms with Crippen molar-refractivity contribution in [3.63, 3.8) is 0 Å². The van der Waals surface area contributed by atoms with Gasteiger partial charge in [-0.05, 0) is 11.1 Å². The van der Waals surface area contributed by atoms with Gasteiger partial charge in [0.25, 0.3) is 0 Å². The third kappa shape index (κ3) is 5.85. The zero-order valence-corrected chi connectivity index (χ0v) is 18.6. The molecular weight excluding hydrogens is 418 g/mol. The van der Waals surface area contributed by atoms with E-state index in [1.165, 1.54) is 5.56 Å². The molecule has 1 aliphatic heterocycles. The summed E-state index contributed by atoms with van der Waals surface area (Å²) in [4.78, 5) is 26.9. The Kier molecular flexibility index (Phi) is 7.16. The zero-order valence-electron chi connectivity index (χ0n) is 18.6. The number of benzene rings is 2. The second kappa shape index (κ2) is 10.4. The van der Waals surface area contributed by atoms with E-state index in [1.54, 1.807) is 6.07 Å². The predicted molar refractivity (Wildman–Crippen MR) is 125 cm³/mol. The average Bonchev–Trinajstić information content (AvgIpc) is 3.24. The number of hydrogen-bond acceptors (Lipinski definition) is 5. The third-order valence-electron chi connectivity index (χ3n) is 5.95. The number of carbonyl (C=O) groups is 2. The first-order valence-electron chi connectivity index (χ1n) is 11.1. The first-order valence-corrected chi connectivity index (χ1v) is 11.1. The van der Waals surface area contributed by atoms with Crippen LogP contribution in [0.25, 0.3) is 0 Å². The number of anilines is 1. The first kappa shape index (κ1) is 22.7. The molecule has 0 aliphatic carbocycles. The lowest BCUT2D eigenvalue weighted by atomic mass is 9.95. The van der Waals surface area contributed by atoms with Gasteiger partial charge in [-0.15, -0.1) is 0 Å². The molecule has 2 aromatic carbocycles. The number of aliphatic hydroxyl groups is 1. The summed E-state index contributed by atoms with van der Waals surface area (Å²) in [5, 5.41) is 19.8. The van der Waals surface area contributed by atoms with Gasteiger partial charge in [-0.3, -0.25) is 19.2 Å². The van der Waals surface area contributed by atoms with Crippen LogP contribution in [0.5, 0.6) is 0 Å². The molecule has 3 aromatic rings. The lowest BCUT2D eigenvalue weighted by Gasteiger charge is -2.27. The number of fused-ring (bicyclic) bond motifs is 1. The van der Waals surface area contributed by atoms with E-state index >= 15 is 0 Å². The van der Waals surface area contributed by atoms with E-state index in [0.29, 0.717) is 18.9 Å². The van der Waals surface area contributed by atoms with E-state index in [0.717, 1.165) is 24.3 Å². The van der Waals surface area contributed by atoms with E-state index in [4.69, 9.17) is 0 Å². The Labute approximate surface area is 193 Å². The minimum atomic E-state index is -0.806. The van der Waals surface area contributed by atoms with Crippen molar-refractivity contribution in [3.8, 4) is 0 Å². The lowest BCUT2D eigenvalue weighted by molar-refractivity contribution is -0.136. The van der Waals surface area contributed by atoms with Crippen LogP contribution in [0.1, 0.15) is 29.7 Å². The van der Waals surface area contributed by atoms with E-state index in [-0.39, 0.29) is 12.5 Å². The normalized spacial score (nSPS) is 15.3. The summed E-state index contributed by atoms with van der Waals surface area (Å²) in [6, 6.07) is 21.6. The minimum Gasteiger partial charge on any atom is -0.391 e. The molecule has 0 bridgehead atoms. The highest BCUT2D eigenvalue weighted by Gasteiger charge is 2.22. The molecule has 4 rings (SSSR count). The monoisotopic (exact) mass is 447 g/mol. The van der Waals surface area contributed by atoms with Gasteiger partial charge in [0.2, 0.25) is 0 Å². The summed E-state index contributed by atoms with van der Waals surface area (Å²) < 4.78 is 1.86. The molecule has 0 spiro atoms. The number of nitrogens with zero attached hydrogens (tertiary/aromatic N) is 3. The second-order valence-corrected chi connectivity index (χ2v) is 8.37. The molecule has 0 saturated heterocycles. The maximum Gasteiger partial charge on any atom is 0.314 e. The maximum atomic E-state index is 12.3. The Bertz CT molecular complexity index is 1080. The van der Waals surface area contributed by atoms with Gasteiger partial charge in [0.15, 0.2) is 5.82 Å². The van der Waals surface area contributed by atoms with Crippen LogP contribution < -0.4 is 10.6 Å². The van der Waals surface area contributed by atoms with Gasteiger partial charge in [-0.25, -0.2) is 0 Å². The molecule has 0 radical (unpaired) electrons. The SMILES string of the molecule is CC(c1ccccc1)C(O)CNC(=O)C(=O)Nc1cc2n(n1)CCN(Cc1ccccc1)C2. The lowest BCUT2D eigenvalue weighted by Crippen LogP contribution is -2.40. The minimum absolute atomic E-state index is 0.0174. The van der Waals surface area contributed by atoms with Crippen molar-refractivity contribution in [2.75, 3.05) is 18.4 Å². The maximum absolute atomic E-state index is 12.3. The van der Waals surface area contributed by atoms with Gasteiger partial charge in [-0.2, -0.15) is 5.10 Å². The van der Waals surface area contributed by atoms with Crippen LogP contribution in [0.2, 0.25) is 0 Å². The van der Waals surface area contributed by atoms with Crippen molar-refractivity contribution < 1.29 is 14.7 Å². The van der Waals surface area contributed by atoms with Gasteiger partial charge in [0, 0.05) is 38.2 Å². The van der Waals surface area contributed by atoms with Crippen LogP contribution in [0.15, 0.2) is 66.7 Å². The van der Waals surface area contributed by atoms with Crippen molar-refractivity contribution in [2.24, 2.45) is 0 Å². The van der Waals surface area contributed by atoms with Crippen molar-refractivity contribution >= 4 is 17.6 Å².